The first-order valence-electron chi connectivity index (χ1n) is 6.08. The van der Waals surface area contributed by atoms with Crippen molar-refractivity contribution in [2.75, 3.05) is 0 Å². The SMILES string of the molecule is NC1CCC(NCc2cc(Br)ccc2F)CC1. The molecular formula is C13H18BrFN2. The van der Waals surface area contributed by atoms with Gasteiger partial charge < -0.3 is 11.1 Å². The monoisotopic (exact) mass is 300 g/mol. The second kappa shape index (κ2) is 5.94. The van der Waals surface area contributed by atoms with Crippen LogP contribution in [0.25, 0.3) is 0 Å². The molecule has 1 saturated carbocycles. The van der Waals surface area contributed by atoms with Gasteiger partial charge in [0.25, 0.3) is 0 Å². The highest BCUT2D eigenvalue weighted by Gasteiger charge is 2.18. The fourth-order valence-electron chi connectivity index (χ4n) is 2.26. The third kappa shape index (κ3) is 3.76. The van der Waals surface area contributed by atoms with Gasteiger partial charge in [0, 0.05) is 28.7 Å². The normalized spacial score (nSPS) is 24.9. The lowest BCUT2D eigenvalue weighted by Crippen LogP contribution is -2.37. The van der Waals surface area contributed by atoms with Crippen molar-refractivity contribution in [3.05, 3.63) is 34.1 Å². The van der Waals surface area contributed by atoms with Gasteiger partial charge in [-0.05, 0) is 43.9 Å². The van der Waals surface area contributed by atoms with Crippen LogP contribution in [-0.2, 0) is 6.54 Å². The summed E-state index contributed by atoms with van der Waals surface area (Å²) in [6.45, 7) is 0.588. The molecule has 1 aromatic carbocycles. The maximum absolute atomic E-state index is 13.5. The smallest absolute Gasteiger partial charge is 0.127 e. The van der Waals surface area contributed by atoms with Crippen LogP contribution in [0.1, 0.15) is 31.2 Å². The lowest BCUT2D eigenvalue weighted by molar-refractivity contribution is 0.340. The molecule has 2 nitrogen and oxygen atoms in total. The summed E-state index contributed by atoms with van der Waals surface area (Å²) in [6.07, 6.45) is 4.32. The van der Waals surface area contributed by atoms with Crippen LogP contribution < -0.4 is 11.1 Å². The molecule has 4 heteroatoms. The molecule has 2 rings (SSSR count). The summed E-state index contributed by atoms with van der Waals surface area (Å²) >= 11 is 3.36. The average molecular weight is 301 g/mol. The van der Waals surface area contributed by atoms with Crippen LogP contribution in [-0.4, -0.2) is 12.1 Å². The number of hydrogen-bond donors (Lipinski definition) is 2. The molecule has 0 amide bonds. The molecule has 0 heterocycles. The molecule has 1 aromatic rings. The molecule has 0 unspecified atom stereocenters. The van der Waals surface area contributed by atoms with E-state index in [1.165, 1.54) is 6.07 Å². The molecule has 0 bridgehead atoms. The van der Waals surface area contributed by atoms with E-state index in [9.17, 15) is 4.39 Å². The molecule has 0 spiro atoms. The first-order valence-corrected chi connectivity index (χ1v) is 6.87. The van der Waals surface area contributed by atoms with Gasteiger partial charge in [0.15, 0.2) is 0 Å². The van der Waals surface area contributed by atoms with Gasteiger partial charge in [-0.15, -0.1) is 0 Å². The molecule has 0 aliphatic heterocycles. The van der Waals surface area contributed by atoms with E-state index in [0.29, 0.717) is 24.2 Å². The summed E-state index contributed by atoms with van der Waals surface area (Å²) in [5.41, 5.74) is 6.57. The Balaban J connectivity index is 1.87. The Morgan fingerprint density at radius 1 is 1.29 bits per heavy atom. The minimum absolute atomic E-state index is 0.145. The van der Waals surface area contributed by atoms with E-state index in [0.717, 1.165) is 30.2 Å². The third-order valence-corrected chi connectivity index (χ3v) is 3.85. The molecule has 1 fully saturated rings. The summed E-state index contributed by atoms with van der Waals surface area (Å²) in [5, 5.41) is 3.41. The molecule has 17 heavy (non-hydrogen) atoms. The van der Waals surface area contributed by atoms with Crippen LogP contribution in [0.5, 0.6) is 0 Å². The number of benzene rings is 1. The van der Waals surface area contributed by atoms with Gasteiger partial charge in [-0.3, -0.25) is 0 Å². The molecular weight excluding hydrogens is 283 g/mol. The molecule has 0 aromatic heterocycles. The fraction of sp³-hybridized carbons (Fsp3) is 0.538. The summed E-state index contributed by atoms with van der Waals surface area (Å²) in [6, 6.07) is 5.89. The molecule has 3 N–H and O–H groups in total. The second-order valence-electron chi connectivity index (χ2n) is 4.73. The van der Waals surface area contributed by atoms with Gasteiger partial charge in [-0.2, -0.15) is 0 Å². The van der Waals surface area contributed by atoms with Crippen LogP contribution in [0, 0.1) is 5.82 Å². The van der Waals surface area contributed by atoms with Crippen LogP contribution in [0.4, 0.5) is 4.39 Å². The Morgan fingerprint density at radius 2 is 2.00 bits per heavy atom. The van der Waals surface area contributed by atoms with Crippen LogP contribution in [0.2, 0.25) is 0 Å². The van der Waals surface area contributed by atoms with E-state index >= 15 is 0 Å². The molecule has 0 radical (unpaired) electrons. The number of nitrogens with two attached hydrogens (primary N) is 1. The minimum Gasteiger partial charge on any atom is -0.328 e. The Bertz CT molecular complexity index is 376. The van der Waals surface area contributed by atoms with Gasteiger partial charge in [0.05, 0.1) is 0 Å². The zero-order valence-corrected chi connectivity index (χ0v) is 11.3. The van der Waals surface area contributed by atoms with Gasteiger partial charge >= 0.3 is 0 Å². The lowest BCUT2D eigenvalue weighted by atomic mass is 9.92. The standard InChI is InChI=1S/C13H18BrFN2/c14-10-1-6-13(15)9(7-10)8-17-12-4-2-11(16)3-5-12/h1,6-7,11-12,17H,2-5,8,16H2. The highest BCUT2D eigenvalue weighted by Crippen LogP contribution is 2.19. The molecule has 94 valence electrons. The maximum atomic E-state index is 13.5. The van der Waals surface area contributed by atoms with E-state index in [1.807, 2.05) is 6.07 Å². The van der Waals surface area contributed by atoms with Crippen molar-refractivity contribution < 1.29 is 4.39 Å². The Morgan fingerprint density at radius 3 is 2.71 bits per heavy atom. The molecule has 0 saturated heterocycles. The second-order valence-corrected chi connectivity index (χ2v) is 5.64. The summed E-state index contributed by atoms with van der Waals surface area (Å²) in [5.74, 6) is -0.145. The maximum Gasteiger partial charge on any atom is 0.127 e. The number of rotatable bonds is 3. The highest BCUT2D eigenvalue weighted by atomic mass is 79.9. The fourth-order valence-corrected chi connectivity index (χ4v) is 2.66. The van der Waals surface area contributed by atoms with Crippen molar-refractivity contribution in [2.45, 2.75) is 44.3 Å². The van der Waals surface area contributed by atoms with E-state index < -0.39 is 0 Å². The Hall–Kier alpha value is -0.450. The molecule has 1 aliphatic rings. The van der Waals surface area contributed by atoms with Crippen molar-refractivity contribution >= 4 is 15.9 Å². The highest BCUT2D eigenvalue weighted by molar-refractivity contribution is 9.10. The van der Waals surface area contributed by atoms with Crippen molar-refractivity contribution in [3.8, 4) is 0 Å². The number of hydrogen-bond acceptors (Lipinski definition) is 2. The molecule has 1 aliphatic carbocycles. The summed E-state index contributed by atoms with van der Waals surface area (Å²) < 4.78 is 14.4. The van der Waals surface area contributed by atoms with Gasteiger partial charge in [-0.1, -0.05) is 15.9 Å². The number of nitrogens with one attached hydrogen (secondary N) is 1. The summed E-state index contributed by atoms with van der Waals surface area (Å²) in [4.78, 5) is 0. The third-order valence-electron chi connectivity index (χ3n) is 3.36. The van der Waals surface area contributed by atoms with E-state index in [2.05, 4.69) is 21.2 Å². The van der Waals surface area contributed by atoms with Crippen molar-refractivity contribution in [1.82, 2.24) is 5.32 Å². The first kappa shape index (κ1) is 13.0. The van der Waals surface area contributed by atoms with Gasteiger partial charge in [0.2, 0.25) is 0 Å². The first-order chi connectivity index (χ1) is 8.15. The average Bonchev–Trinajstić information content (AvgIpc) is 2.32. The predicted octanol–water partition coefficient (Wildman–Crippen LogP) is 2.95. The van der Waals surface area contributed by atoms with Crippen molar-refractivity contribution in [2.24, 2.45) is 5.73 Å². The van der Waals surface area contributed by atoms with E-state index in [1.54, 1.807) is 6.07 Å². The van der Waals surface area contributed by atoms with Crippen LogP contribution in [0.15, 0.2) is 22.7 Å². The lowest BCUT2D eigenvalue weighted by Gasteiger charge is -2.27. The topological polar surface area (TPSA) is 38.0 Å². The largest absolute Gasteiger partial charge is 0.328 e. The zero-order valence-electron chi connectivity index (χ0n) is 9.76. The van der Waals surface area contributed by atoms with E-state index in [4.69, 9.17) is 5.73 Å². The Kier molecular flexibility index (Phi) is 4.54. The van der Waals surface area contributed by atoms with Gasteiger partial charge in [0.1, 0.15) is 5.82 Å². The zero-order chi connectivity index (χ0) is 12.3. The summed E-state index contributed by atoms with van der Waals surface area (Å²) in [7, 11) is 0. The van der Waals surface area contributed by atoms with Crippen LogP contribution in [0.3, 0.4) is 0 Å². The quantitative estimate of drug-likeness (QED) is 0.901. The van der Waals surface area contributed by atoms with Gasteiger partial charge in [-0.25, -0.2) is 4.39 Å². The van der Waals surface area contributed by atoms with Crippen LogP contribution >= 0.6 is 15.9 Å². The minimum atomic E-state index is -0.145. The molecule has 0 atom stereocenters. The van der Waals surface area contributed by atoms with E-state index in [-0.39, 0.29) is 5.82 Å². The Labute approximate surface area is 110 Å². The van der Waals surface area contributed by atoms with Crippen molar-refractivity contribution in [3.63, 3.8) is 0 Å². The van der Waals surface area contributed by atoms with Crippen molar-refractivity contribution in [1.29, 1.82) is 0 Å². The predicted molar refractivity (Wildman–Crippen MR) is 71.2 cm³/mol. The number of halogens is 2.